The molecule has 0 radical (unpaired) electrons. The number of carbonyl (C=O) groups is 2. The molecule has 5 aromatic heterocycles. The van der Waals surface area contributed by atoms with Crippen LogP contribution >= 0.6 is 0 Å². The van der Waals surface area contributed by atoms with Crippen LogP contribution in [0.5, 0.6) is 0 Å². The number of carbonyl (C=O) groups excluding carboxylic acids is 2. The first kappa shape index (κ1) is 64.8. The van der Waals surface area contributed by atoms with E-state index in [9.17, 15) is 34.8 Å². The highest BCUT2D eigenvalue weighted by Gasteiger charge is 2.28. The van der Waals surface area contributed by atoms with Crippen molar-refractivity contribution >= 4 is 119 Å². The molecule has 478 valence electrons. The van der Waals surface area contributed by atoms with Crippen LogP contribution in [0.3, 0.4) is 0 Å². The van der Waals surface area contributed by atoms with Gasteiger partial charge in [0.05, 0.1) is 88.2 Å². The Morgan fingerprint density at radius 1 is 0.484 bits per heavy atom. The molecule has 14 rings (SSSR count). The van der Waals surface area contributed by atoms with Crippen molar-refractivity contribution in [2.24, 2.45) is 5.92 Å². The van der Waals surface area contributed by atoms with Gasteiger partial charge in [-0.25, -0.2) is 29.6 Å². The molecule has 0 spiro atoms. The fourth-order valence-corrected chi connectivity index (χ4v) is 14.6. The third-order valence-electron chi connectivity index (χ3n) is 16.0. The molecule has 7 N–H and O–H groups in total. The maximum absolute atomic E-state index is 12.0. The van der Waals surface area contributed by atoms with E-state index >= 15 is 0 Å². The highest BCUT2D eigenvalue weighted by molar-refractivity contribution is 7.92. The summed E-state index contributed by atoms with van der Waals surface area (Å²) in [5, 5.41) is 42.6. The second-order valence-corrected chi connectivity index (χ2v) is 28.6. The van der Waals surface area contributed by atoms with Crippen LogP contribution < -0.4 is 19.8 Å². The summed E-state index contributed by atoms with van der Waals surface area (Å²) in [6, 6.07) is 38.5. The van der Waals surface area contributed by atoms with Crippen LogP contribution in [0, 0.1) is 5.92 Å². The number of benzene rings is 6. The van der Waals surface area contributed by atoms with Crippen molar-refractivity contribution in [1.82, 2.24) is 64.5 Å². The first-order valence-corrected chi connectivity index (χ1v) is 35.2. The van der Waals surface area contributed by atoms with Crippen molar-refractivity contribution < 1.29 is 34.8 Å². The lowest BCUT2D eigenvalue weighted by molar-refractivity contribution is -0.129. The summed E-state index contributed by atoms with van der Waals surface area (Å²) in [5.41, 5.74) is 10.4. The molecule has 3 saturated heterocycles. The standard InChI is InChI=1S/C14H11N3O.C13H16N4O.C13H17N3O2S.C12H16N4O2S.C11H15N3O2S/c18-14(10-5-2-1-3-6-10)16-12-7-4-8-13-11(12)9-15-17-13;1-10(18)16-5-7-17(8-6-16)13-4-2-3-12-11(13)9-14-15-12;1-19(17,18)16-7-5-10(6-8-16)11-3-2-4-13-12(11)9-14-15-13;1-19(17,18)16-7-5-15(6-8-16)12-4-2-3-11-10(12)9-13-14-11;1-8(2)7-17(15,16)14-11-5-3-4-10-9(11)6-12-13-10/h1-9H,(H,15,17)(H,16,18);2-4,9H,5-8H2,1H3,(H,14,15);2-4,9-10H,5-8H2,1H3,(H,14,15);2-4,9H,5-8H2,1H3,(H,13,14);3-6,8,14H,7H2,1-2H3,(H,12,13). The molecule has 0 aliphatic carbocycles. The molecule has 25 nitrogen and oxygen atoms in total. The van der Waals surface area contributed by atoms with E-state index in [1.165, 1.54) is 28.1 Å². The Balaban J connectivity index is 0.000000125. The van der Waals surface area contributed by atoms with E-state index < -0.39 is 30.1 Å². The number of nitrogens with zero attached hydrogens (tertiary/aromatic N) is 10. The predicted octanol–water partition coefficient (Wildman–Crippen LogP) is 8.35. The van der Waals surface area contributed by atoms with Gasteiger partial charge >= 0.3 is 0 Å². The zero-order valence-corrected chi connectivity index (χ0v) is 53.7. The number of sulfonamides is 3. The number of H-pyrrole nitrogens is 5. The van der Waals surface area contributed by atoms with Crippen molar-refractivity contribution in [1.29, 1.82) is 0 Å². The molecule has 28 heteroatoms. The van der Waals surface area contributed by atoms with Crippen LogP contribution in [-0.2, 0) is 34.9 Å². The molecule has 0 unspecified atom stereocenters. The lowest BCUT2D eigenvalue weighted by Crippen LogP contribution is -2.48. The van der Waals surface area contributed by atoms with Gasteiger partial charge in [-0.05, 0) is 97.0 Å². The molecule has 3 fully saturated rings. The van der Waals surface area contributed by atoms with Crippen LogP contribution in [0.4, 0.5) is 22.7 Å². The average Bonchev–Trinajstić information content (AvgIpc) is 2.48. The molecular formula is C63H75N17O8S3. The monoisotopic (exact) mass is 1290 g/mol. The summed E-state index contributed by atoms with van der Waals surface area (Å²) < 4.78 is 75.4. The smallest absolute Gasteiger partial charge is 0.255 e. The SMILES string of the molecule is CC(=O)N1CCN(c2cccc3[nH]ncc23)CC1.CC(C)CS(=O)(=O)Nc1cccc2[nH]ncc12.CS(=O)(=O)N1CCC(c2cccc3[nH]ncc23)CC1.CS(=O)(=O)N1CCN(c2cccc3[nH]ncc23)CC1.O=C(Nc1cccc2[nH]ncc12)c1ccccc1. The van der Waals surface area contributed by atoms with E-state index in [2.05, 4.69) is 83.0 Å². The Morgan fingerprint density at radius 2 is 0.890 bits per heavy atom. The van der Waals surface area contributed by atoms with E-state index in [0.717, 1.165) is 105 Å². The first-order chi connectivity index (χ1) is 43.7. The highest BCUT2D eigenvalue weighted by atomic mass is 32.2. The Kier molecular flexibility index (Phi) is 20.4. The van der Waals surface area contributed by atoms with Crippen LogP contribution in [0.2, 0.25) is 0 Å². The van der Waals surface area contributed by atoms with Crippen molar-refractivity contribution in [2.75, 3.05) is 104 Å². The van der Waals surface area contributed by atoms with E-state index in [1.807, 2.05) is 122 Å². The van der Waals surface area contributed by atoms with Crippen molar-refractivity contribution in [3.63, 3.8) is 0 Å². The number of piperidine rings is 1. The Hall–Kier alpha value is -9.22. The van der Waals surface area contributed by atoms with E-state index in [-0.39, 0.29) is 23.5 Å². The van der Waals surface area contributed by atoms with Gasteiger partial charge in [-0.15, -0.1) is 0 Å². The minimum Gasteiger partial charge on any atom is -0.368 e. The van der Waals surface area contributed by atoms with Gasteiger partial charge in [0.15, 0.2) is 0 Å². The van der Waals surface area contributed by atoms with Gasteiger partial charge < -0.3 is 20.0 Å². The Morgan fingerprint density at radius 3 is 1.37 bits per heavy atom. The molecule has 0 atom stereocenters. The highest BCUT2D eigenvalue weighted by Crippen LogP contribution is 2.34. The molecule has 0 saturated carbocycles. The molecule has 6 aromatic carbocycles. The number of hydrogen-bond acceptors (Lipinski definition) is 15. The number of piperazine rings is 2. The lowest BCUT2D eigenvalue weighted by atomic mass is 9.88. The number of rotatable bonds is 11. The van der Waals surface area contributed by atoms with Crippen LogP contribution in [0.15, 0.2) is 152 Å². The third-order valence-corrected chi connectivity index (χ3v) is 20.2. The molecule has 3 aliphatic rings. The topological polar surface area (TPSA) is 320 Å². The van der Waals surface area contributed by atoms with Gasteiger partial charge in [0.2, 0.25) is 36.0 Å². The van der Waals surface area contributed by atoms with Crippen LogP contribution in [0.25, 0.3) is 54.5 Å². The molecule has 0 bridgehead atoms. The summed E-state index contributed by atoms with van der Waals surface area (Å²) in [4.78, 5) is 29.8. The molecule has 2 amide bonds. The molecule has 3 aliphatic heterocycles. The number of nitrogens with one attached hydrogen (secondary N) is 7. The van der Waals surface area contributed by atoms with Gasteiger partial charge in [0, 0.05) is 116 Å². The summed E-state index contributed by atoms with van der Waals surface area (Å²) >= 11 is 0. The number of anilines is 4. The quantitative estimate of drug-likeness (QED) is 0.0640. The third kappa shape index (κ3) is 16.4. The van der Waals surface area contributed by atoms with Gasteiger partial charge in [-0.2, -0.15) is 29.8 Å². The van der Waals surface area contributed by atoms with Gasteiger partial charge in [-0.1, -0.05) is 68.4 Å². The second-order valence-electron chi connectivity index (χ2n) is 22.8. The van der Waals surface area contributed by atoms with Crippen molar-refractivity contribution in [3.05, 3.63) is 163 Å². The van der Waals surface area contributed by atoms with Gasteiger partial charge in [0.1, 0.15) is 0 Å². The predicted molar refractivity (Wildman–Crippen MR) is 359 cm³/mol. The number of aromatic amines is 5. The summed E-state index contributed by atoms with van der Waals surface area (Å²) in [6.07, 6.45) is 13.1. The molecular weight excluding hydrogens is 1220 g/mol. The summed E-state index contributed by atoms with van der Waals surface area (Å²) in [6.45, 7) is 12.4. The number of hydrogen-bond donors (Lipinski definition) is 7. The minimum absolute atomic E-state index is 0.0936. The number of amides is 2. The Bertz CT molecular complexity index is 4480. The number of aromatic nitrogens is 10. The van der Waals surface area contributed by atoms with Gasteiger partial charge in [-0.3, -0.25) is 39.8 Å². The first-order valence-electron chi connectivity index (χ1n) is 29.8. The van der Waals surface area contributed by atoms with E-state index in [0.29, 0.717) is 56.4 Å². The maximum Gasteiger partial charge on any atom is 0.255 e. The average molecular weight is 1290 g/mol. The summed E-state index contributed by atoms with van der Waals surface area (Å²) in [7, 11) is -9.42. The zero-order chi connectivity index (χ0) is 64.3. The molecule has 91 heavy (non-hydrogen) atoms. The fourth-order valence-electron chi connectivity index (χ4n) is 11.4. The van der Waals surface area contributed by atoms with Crippen LogP contribution in [0.1, 0.15) is 55.5 Å². The van der Waals surface area contributed by atoms with E-state index in [1.54, 1.807) is 47.9 Å². The largest absolute Gasteiger partial charge is 0.368 e. The molecule has 8 heterocycles. The lowest BCUT2D eigenvalue weighted by Gasteiger charge is -2.35. The maximum atomic E-state index is 12.0. The van der Waals surface area contributed by atoms with Crippen molar-refractivity contribution in [2.45, 2.75) is 39.5 Å². The second kappa shape index (κ2) is 28.7. The Labute approximate surface area is 528 Å². The number of fused-ring (bicyclic) bond motifs is 5. The fraction of sp³-hybridized carbons (Fsp3) is 0.317. The van der Waals surface area contributed by atoms with Crippen molar-refractivity contribution in [3.8, 4) is 0 Å². The van der Waals surface area contributed by atoms with E-state index in [4.69, 9.17) is 0 Å². The summed E-state index contributed by atoms with van der Waals surface area (Å²) in [5.74, 6) is 0.664. The zero-order valence-electron chi connectivity index (χ0n) is 51.2. The normalized spacial score (nSPS) is 15.3. The minimum atomic E-state index is -3.29. The molecule has 11 aromatic rings. The van der Waals surface area contributed by atoms with Crippen LogP contribution in [-0.4, -0.2) is 185 Å². The van der Waals surface area contributed by atoms with Gasteiger partial charge in [0.25, 0.3) is 5.91 Å².